The normalized spacial score (nSPS) is 11.7. The van der Waals surface area contributed by atoms with Crippen LogP contribution in [0.25, 0.3) is 10.9 Å². The zero-order chi connectivity index (χ0) is 22.5. The zero-order valence-corrected chi connectivity index (χ0v) is 17.8. The van der Waals surface area contributed by atoms with E-state index >= 15 is 0 Å². The largest absolute Gasteiger partial charge is 0.493 e. The number of rotatable bonds is 7. The highest BCUT2D eigenvalue weighted by atomic mass is 19.1. The Balaban J connectivity index is 1.63. The van der Waals surface area contributed by atoms with Crippen molar-refractivity contribution in [3.05, 3.63) is 89.9 Å². The van der Waals surface area contributed by atoms with E-state index in [1.54, 1.807) is 26.4 Å². The number of ether oxygens (including phenoxy) is 2. The van der Waals surface area contributed by atoms with Gasteiger partial charge < -0.3 is 25.1 Å². The molecule has 1 heterocycles. The lowest BCUT2D eigenvalue weighted by Gasteiger charge is -2.20. The molecule has 0 saturated heterocycles. The summed E-state index contributed by atoms with van der Waals surface area (Å²) >= 11 is 0. The second-order valence-electron chi connectivity index (χ2n) is 7.30. The van der Waals surface area contributed by atoms with Crippen molar-refractivity contribution in [2.45, 2.75) is 5.92 Å². The predicted octanol–water partition coefficient (Wildman–Crippen LogP) is 5.28. The Morgan fingerprint density at radius 1 is 1.00 bits per heavy atom. The maximum Gasteiger partial charge on any atom is 0.319 e. The first-order valence-electron chi connectivity index (χ1n) is 10.2. The molecule has 0 aliphatic carbocycles. The van der Waals surface area contributed by atoms with Crippen LogP contribution in [0.4, 0.5) is 14.9 Å². The van der Waals surface area contributed by atoms with Gasteiger partial charge in [0, 0.05) is 35.2 Å². The lowest BCUT2D eigenvalue weighted by atomic mass is 9.90. The Morgan fingerprint density at radius 3 is 2.59 bits per heavy atom. The molecule has 164 valence electrons. The Bertz CT molecular complexity index is 1240. The van der Waals surface area contributed by atoms with Crippen molar-refractivity contribution in [1.82, 2.24) is 10.3 Å². The number of carbonyl (C=O) groups is 1. The average molecular weight is 433 g/mol. The number of urea groups is 1. The zero-order valence-electron chi connectivity index (χ0n) is 17.8. The highest BCUT2D eigenvalue weighted by Gasteiger charge is 2.21. The molecular formula is C25H24FN3O3. The summed E-state index contributed by atoms with van der Waals surface area (Å²) in [5.41, 5.74) is 3.40. The van der Waals surface area contributed by atoms with E-state index in [2.05, 4.69) is 15.6 Å². The average Bonchev–Trinajstić information content (AvgIpc) is 3.23. The van der Waals surface area contributed by atoms with E-state index in [1.807, 2.05) is 48.7 Å². The number of hydrogen-bond acceptors (Lipinski definition) is 3. The lowest BCUT2D eigenvalue weighted by molar-refractivity contribution is 0.252. The molecule has 0 unspecified atom stereocenters. The molecule has 2 amide bonds. The Morgan fingerprint density at radius 2 is 1.81 bits per heavy atom. The maximum atomic E-state index is 13.4. The van der Waals surface area contributed by atoms with Crippen molar-refractivity contribution < 1.29 is 18.7 Å². The number of amides is 2. The van der Waals surface area contributed by atoms with E-state index in [9.17, 15) is 9.18 Å². The van der Waals surface area contributed by atoms with Crippen LogP contribution in [0.3, 0.4) is 0 Å². The van der Waals surface area contributed by atoms with Gasteiger partial charge in [-0.25, -0.2) is 9.18 Å². The molecule has 4 rings (SSSR count). The fourth-order valence-corrected chi connectivity index (χ4v) is 3.80. The highest BCUT2D eigenvalue weighted by Crippen LogP contribution is 2.35. The van der Waals surface area contributed by atoms with Crippen LogP contribution in [0.5, 0.6) is 11.5 Å². The Hall–Kier alpha value is -4.00. The molecule has 6 nitrogen and oxygen atoms in total. The van der Waals surface area contributed by atoms with E-state index in [-0.39, 0.29) is 5.92 Å². The van der Waals surface area contributed by atoms with Gasteiger partial charge in [-0.3, -0.25) is 0 Å². The topological polar surface area (TPSA) is 75.4 Å². The number of benzene rings is 3. The molecule has 4 aromatic rings. The van der Waals surface area contributed by atoms with Crippen molar-refractivity contribution in [3.63, 3.8) is 0 Å². The van der Waals surface area contributed by atoms with Crippen LogP contribution in [-0.4, -0.2) is 31.8 Å². The summed E-state index contributed by atoms with van der Waals surface area (Å²) in [6.45, 7) is 0.318. The van der Waals surface area contributed by atoms with Crippen molar-refractivity contribution in [3.8, 4) is 11.5 Å². The molecule has 0 aliphatic heterocycles. The summed E-state index contributed by atoms with van der Waals surface area (Å²) in [6, 6.07) is 19.1. The van der Waals surface area contributed by atoms with Gasteiger partial charge >= 0.3 is 6.03 Å². The van der Waals surface area contributed by atoms with Crippen LogP contribution in [0.15, 0.2) is 72.9 Å². The highest BCUT2D eigenvalue weighted by molar-refractivity contribution is 5.89. The minimum absolute atomic E-state index is 0.163. The number of H-pyrrole nitrogens is 1. The summed E-state index contributed by atoms with van der Waals surface area (Å²) in [6.07, 6.45) is 1.96. The number of para-hydroxylation sites is 1. The molecule has 0 bridgehead atoms. The summed E-state index contributed by atoms with van der Waals surface area (Å²) in [7, 11) is 3.18. The number of aromatic amines is 1. The molecule has 0 aliphatic rings. The van der Waals surface area contributed by atoms with Gasteiger partial charge in [-0.2, -0.15) is 0 Å². The Kier molecular flexibility index (Phi) is 6.26. The third-order valence-corrected chi connectivity index (χ3v) is 5.36. The number of halogens is 1. The second kappa shape index (κ2) is 9.43. The third-order valence-electron chi connectivity index (χ3n) is 5.36. The number of fused-ring (bicyclic) bond motifs is 1. The standard InChI is InChI=1S/C25H24FN3O3/c1-31-23-11-10-16(12-24(23)32-2)20(21-15-27-22-9-4-3-8-19(21)22)14-28-25(30)29-18-7-5-6-17(26)13-18/h3-13,15,20,27H,14H2,1-2H3,(H2,28,29,30)/t20-/m0/s1. The molecule has 0 spiro atoms. The van der Waals surface area contributed by atoms with Gasteiger partial charge in [0.25, 0.3) is 0 Å². The molecule has 3 N–H and O–H groups in total. The molecule has 1 atom stereocenters. The molecule has 1 aromatic heterocycles. The molecule has 7 heteroatoms. The maximum absolute atomic E-state index is 13.4. The van der Waals surface area contributed by atoms with Crippen LogP contribution in [-0.2, 0) is 0 Å². The number of methoxy groups -OCH3 is 2. The fourth-order valence-electron chi connectivity index (χ4n) is 3.80. The quantitative estimate of drug-likeness (QED) is 0.371. The van der Waals surface area contributed by atoms with E-state index in [4.69, 9.17) is 9.47 Å². The molecule has 3 aromatic carbocycles. The smallest absolute Gasteiger partial charge is 0.319 e. The van der Waals surface area contributed by atoms with Gasteiger partial charge in [0.2, 0.25) is 0 Å². The van der Waals surface area contributed by atoms with Crippen molar-refractivity contribution in [1.29, 1.82) is 0 Å². The second-order valence-corrected chi connectivity index (χ2v) is 7.30. The summed E-state index contributed by atoms with van der Waals surface area (Å²) in [5, 5.41) is 6.65. The van der Waals surface area contributed by atoms with Gasteiger partial charge in [0.05, 0.1) is 14.2 Å². The van der Waals surface area contributed by atoms with Crippen molar-refractivity contribution in [2.75, 3.05) is 26.1 Å². The van der Waals surface area contributed by atoms with Gasteiger partial charge in [-0.15, -0.1) is 0 Å². The fraction of sp³-hybridized carbons (Fsp3) is 0.160. The van der Waals surface area contributed by atoms with Crippen LogP contribution >= 0.6 is 0 Å². The third kappa shape index (κ3) is 4.51. The molecule has 0 fully saturated rings. The number of anilines is 1. The van der Waals surface area contributed by atoms with E-state index < -0.39 is 11.8 Å². The van der Waals surface area contributed by atoms with E-state index in [1.165, 1.54) is 12.1 Å². The summed E-state index contributed by atoms with van der Waals surface area (Å²) in [4.78, 5) is 15.8. The monoisotopic (exact) mass is 433 g/mol. The first-order valence-corrected chi connectivity index (χ1v) is 10.2. The first-order chi connectivity index (χ1) is 15.6. The number of nitrogens with one attached hydrogen (secondary N) is 3. The molecule has 0 radical (unpaired) electrons. The van der Waals surface area contributed by atoms with Crippen LogP contribution in [0.2, 0.25) is 0 Å². The van der Waals surface area contributed by atoms with Crippen molar-refractivity contribution in [2.24, 2.45) is 0 Å². The minimum atomic E-state index is -0.416. The summed E-state index contributed by atoms with van der Waals surface area (Å²) in [5.74, 6) is 0.666. The van der Waals surface area contributed by atoms with Gasteiger partial charge in [-0.05, 0) is 47.5 Å². The molecular weight excluding hydrogens is 409 g/mol. The molecule has 32 heavy (non-hydrogen) atoms. The lowest BCUT2D eigenvalue weighted by Crippen LogP contribution is -2.32. The molecule has 0 saturated carbocycles. The van der Waals surface area contributed by atoms with Gasteiger partial charge in [0.1, 0.15) is 5.82 Å². The van der Waals surface area contributed by atoms with Gasteiger partial charge in [-0.1, -0.05) is 30.3 Å². The number of carbonyl (C=O) groups excluding carboxylic acids is 1. The minimum Gasteiger partial charge on any atom is -0.493 e. The van der Waals surface area contributed by atoms with Crippen LogP contribution in [0.1, 0.15) is 17.0 Å². The Labute approximate surface area is 185 Å². The van der Waals surface area contributed by atoms with Crippen LogP contribution < -0.4 is 20.1 Å². The number of hydrogen-bond donors (Lipinski definition) is 3. The first kappa shape index (κ1) is 21.2. The van der Waals surface area contributed by atoms with Crippen LogP contribution in [0, 0.1) is 5.82 Å². The number of aromatic nitrogens is 1. The van der Waals surface area contributed by atoms with Crippen molar-refractivity contribution >= 4 is 22.6 Å². The summed E-state index contributed by atoms with van der Waals surface area (Å²) < 4.78 is 24.3. The van der Waals surface area contributed by atoms with E-state index in [0.717, 1.165) is 22.0 Å². The van der Waals surface area contributed by atoms with E-state index in [0.29, 0.717) is 23.7 Å². The predicted molar refractivity (Wildman–Crippen MR) is 123 cm³/mol. The van der Waals surface area contributed by atoms with Gasteiger partial charge in [0.15, 0.2) is 11.5 Å². The SMILES string of the molecule is COc1ccc([C@H](CNC(=O)Nc2cccc(F)c2)c2c[nH]c3ccccc23)cc1OC.